The topological polar surface area (TPSA) is 25.2 Å². The van der Waals surface area contributed by atoms with Gasteiger partial charge in [0.1, 0.15) is 0 Å². The molecule has 0 radical (unpaired) electrons. The Bertz CT molecular complexity index is 491. The van der Waals surface area contributed by atoms with Crippen molar-refractivity contribution < 1.29 is 5.11 Å². The second kappa shape index (κ2) is 3.95. The highest BCUT2D eigenvalue weighted by molar-refractivity contribution is 5.83. The van der Waals surface area contributed by atoms with Crippen molar-refractivity contribution >= 4 is 10.9 Å². The Balaban J connectivity index is 2.31. The summed E-state index contributed by atoms with van der Waals surface area (Å²) in [5.74, 6) is 0. The molecule has 86 valence electrons. The highest BCUT2D eigenvalue weighted by atomic mass is 16.3. The van der Waals surface area contributed by atoms with Crippen molar-refractivity contribution in [1.29, 1.82) is 0 Å². The maximum atomic E-state index is 9.75. The molecule has 0 aliphatic rings. The molecular formula is C14H19NO. The summed E-state index contributed by atoms with van der Waals surface area (Å²) in [6.45, 7) is 3.72. The van der Waals surface area contributed by atoms with E-state index in [9.17, 15) is 5.11 Å². The van der Waals surface area contributed by atoms with Gasteiger partial charge in [-0.05, 0) is 38.3 Å². The average Bonchev–Trinajstić information content (AvgIpc) is 2.53. The van der Waals surface area contributed by atoms with Gasteiger partial charge in [0.05, 0.1) is 5.60 Å². The summed E-state index contributed by atoms with van der Waals surface area (Å²) in [6.07, 6.45) is 3.88. The highest BCUT2D eigenvalue weighted by Gasteiger charge is 2.14. The smallest absolute Gasteiger partial charge is 0.0595 e. The van der Waals surface area contributed by atoms with E-state index in [4.69, 9.17) is 0 Å². The molecule has 16 heavy (non-hydrogen) atoms. The molecule has 0 saturated heterocycles. The van der Waals surface area contributed by atoms with Crippen LogP contribution in [-0.4, -0.2) is 15.3 Å². The van der Waals surface area contributed by atoms with E-state index in [1.807, 2.05) is 13.8 Å². The average molecular weight is 217 g/mol. The number of nitrogens with zero attached hydrogens (tertiary/aromatic N) is 1. The monoisotopic (exact) mass is 217 g/mol. The number of aromatic nitrogens is 1. The number of aliphatic hydroxyl groups is 1. The predicted molar refractivity (Wildman–Crippen MR) is 67.5 cm³/mol. The van der Waals surface area contributed by atoms with Crippen molar-refractivity contribution in [3.63, 3.8) is 0 Å². The minimum Gasteiger partial charge on any atom is -0.390 e. The Morgan fingerprint density at radius 1 is 1.25 bits per heavy atom. The van der Waals surface area contributed by atoms with Gasteiger partial charge < -0.3 is 9.67 Å². The molecular weight excluding hydrogens is 198 g/mol. The van der Waals surface area contributed by atoms with Crippen molar-refractivity contribution in [3.8, 4) is 0 Å². The van der Waals surface area contributed by atoms with Crippen LogP contribution in [-0.2, 0) is 13.5 Å². The van der Waals surface area contributed by atoms with Crippen molar-refractivity contribution in [2.75, 3.05) is 0 Å². The third-order valence-electron chi connectivity index (χ3n) is 2.99. The van der Waals surface area contributed by atoms with Gasteiger partial charge in [-0.3, -0.25) is 0 Å². The maximum Gasteiger partial charge on any atom is 0.0595 e. The largest absolute Gasteiger partial charge is 0.390 e. The van der Waals surface area contributed by atoms with Gasteiger partial charge in [-0.25, -0.2) is 0 Å². The summed E-state index contributed by atoms with van der Waals surface area (Å²) in [5.41, 5.74) is 1.99. The van der Waals surface area contributed by atoms with E-state index in [0.29, 0.717) is 0 Å². The Hall–Kier alpha value is -1.28. The fourth-order valence-corrected chi connectivity index (χ4v) is 2.07. The summed E-state index contributed by atoms with van der Waals surface area (Å²) in [6, 6.07) is 8.40. The van der Waals surface area contributed by atoms with Gasteiger partial charge >= 0.3 is 0 Å². The van der Waals surface area contributed by atoms with Gasteiger partial charge in [0, 0.05) is 24.1 Å². The Morgan fingerprint density at radius 3 is 2.62 bits per heavy atom. The van der Waals surface area contributed by atoms with E-state index in [1.54, 1.807) is 0 Å². The number of aryl methyl sites for hydroxylation is 2. The molecule has 0 saturated carbocycles. The standard InChI is InChI=1S/C14H19NO/c1-14(2,16)9-8-11-10-15(3)13-7-5-4-6-12(11)13/h4-7,10,16H,8-9H2,1-3H3. The Labute approximate surface area is 96.5 Å². The van der Waals surface area contributed by atoms with Gasteiger partial charge in [-0.2, -0.15) is 0 Å². The zero-order chi connectivity index (χ0) is 11.8. The molecule has 1 aromatic heterocycles. The lowest BCUT2D eigenvalue weighted by molar-refractivity contribution is 0.0715. The van der Waals surface area contributed by atoms with Crippen molar-refractivity contribution in [1.82, 2.24) is 4.57 Å². The zero-order valence-corrected chi connectivity index (χ0v) is 10.2. The zero-order valence-electron chi connectivity index (χ0n) is 10.2. The molecule has 2 aromatic rings. The summed E-state index contributed by atoms with van der Waals surface area (Å²) >= 11 is 0. The number of fused-ring (bicyclic) bond motifs is 1. The van der Waals surface area contributed by atoms with Gasteiger partial charge in [0.15, 0.2) is 0 Å². The van der Waals surface area contributed by atoms with Crippen molar-refractivity contribution in [2.45, 2.75) is 32.3 Å². The van der Waals surface area contributed by atoms with Crippen LogP contribution in [0.3, 0.4) is 0 Å². The third kappa shape index (κ3) is 2.27. The van der Waals surface area contributed by atoms with Crippen molar-refractivity contribution in [2.24, 2.45) is 7.05 Å². The van der Waals surface area contributed by atoms with Gasteiger partial charge in [-0.15, -0.1) is 0 Å². The molecule has 0 aliphatic carbocycles. The normalized spacial score (nSPS) is 12.2. The molecule has 1 N–H and O–H groups in total. The number of hydrogen-bond acceptors (Lipinski definition) is 1. The van der Waals surface area contributed by atoms with Crippen LogP contribution >= 0.6 is 0 Å². The van der Waals surface area contributed by atoms with E-state index in [1.165, 1.54) is 16.5 Å². The molecule has 0 amide bonds. The van der Waals surface area contributed by atoms with Crippen LogP contribution in [0.4, 0.5) is 0 Å². The molecule has 0 fully saturated rings. The van der Waals surface area contributed by atoms with E-state index < -0.39 is 5.60 Å². The summed E-state index contributed by atoms with van der Waals surface area (Å²) in [4.78, 5) is 0. The highest BCUT2D eigenvalue weighted by Crippen LogP contribution is 2.23. The molecule has 0 unspecified atom stereocenters. The second-order valence-corrected chi connectivity index (χ2v) is 5.09. The first-order chi connectivity index (χ1) is 7.47. The van der Waals surface area contributed by atoms with Crippen LogP contribution in [0.2, 0.25) is 0 Å². The van der Waals surface area contributed by atoms with Gasteiger partial charge in [0.2, 0.25) is 0 Å². The minimum atomic E-state index is -0.586. The maximum absolute atomic E-state index is 9.75. The lowest BCUT2D eigenvalue weighted by Crippen LogP contribution is -2.19. The number of hydrogen-bond donors (Lipinski definition) is 1. The number of para-hydroxylation sites is 1. The molecule has 2 rings (SSSR count). The fraction of sp³-hybridized carbons (Fsp3) is 0.429. The summed E-state index contributed by atoms with van der Waals surface area (Å²) in [7, 11) is 2.07. The molecule has 0 atom stereocenters. The first-order valence-electron chi connectivity index (χ1n) is 5.73. The van der Waals surface area contributed by atoms with E-state index in [2.05, 4.69) is 42.1 Å². The fourth-order valence-electron chi connectivity index (χ4n) is 2.07. The first-order valence-corrected chi connectivity index (χ1v) is 5.73. The number of rotatable bonds is 3. The quantitative estimate of drug-likeness (QED) is 0.840. The van der Waals surface area contributed by atoms with Crippen LogP contribution in [0.15, 0.2) is 30.5 Å². The molecule has 2 heteroatoms. The third-order valence-corrected chi connectivity index (χ3v) is 2.99. The minimum absolute atomic E-state index is 0.586. The lowest BCUT2D eigenvalue weighted by Gasteiger charge is -2.16. The van der Waals surface area contributed by atoms with E-state index in [0.717, 1.165) is 12.8 Å². The summed E-state index contributed by atoms with van der Waals surface area (Å²) < 4.78 is 2.15. The van der Waals surface area contributed by atoms with Crippen LogP contribution in [0.25, 0.3) is 10.9 Å². The van der Waals surface area contributed by atoms with Gasteiger partial charge in [0.25, 0.3) is 0 Å². The molecule has 1 heterocycles. The molecule has 2 nitrogen and oxygen atoms in total. The predicted octanol–water partition coefficient (Wildman–Crippen LogP) is 2.88. The lowest BCUT2D eigenvalue weighted by atomic mass is 9.99. The Morgan fingerprint density at radius 2 is 1.94 bits per heavy atom. The van der Waals surface area contributed by atoms with E-state index >= 15 is 0 Å². The van der Waals surface area contributed by atoms with E-state index in [-0.39, 0.29) is 0 Å². The van der Waals surface area contributed by atoms with Crippen LogP contribution in [0, 0.1) is 0 Å². The summed E-state index contributed by atoms with van der Waals surface area (Å²) in [5, 5.41) is 11.1. The molecule has 0 aliphatic heterocycles. The molecule has 0 spiro atoms. The molecule has 0 bridgehead atoms. The van der Waals surface area contributed by atoms with Crippen LogP contribution < -0.4 is 0 Å². The van der Waals surface area contributed by atoms with Crippen LogP contribution in [0.1, 0.15) is 25.8 Å². The number of benzene rings is 1. The SMILES string of the molecule is Cn1cc(CCC(C)(C)O)c2ccccc21. The van der Waals surface area contributed by atoms with Gasteiger partial charge in [-0.1, -0.05) is 18.2 Å². The molecule has 1 aromatic carbocycles. The Kier molecular flexibility index (Phi) is 2.76. The second-order valence-electron chi connectivity index (χ2n) is 5.09. The van der Waals surface area contributed by atoms with Crippen molar-refractivity contribution in [3.05, 3.63) is 36.0 Å². The van der Waals surface area contributed by atoms with Crippen LogP contribution in [0.5, 0.6) is 0 Å². The first kappa shape index (κ1) is 11.2.